The topological polar surface area (TPSA) is 232 Å². The second-order valence-corrected chi connectivity index (χ2v) is 9.99. The van der Waals surface area contributed by atoms with Crippen LogP contribution in [0.3, 0.4) is 0 Å². The van der Waals surface area contributed by atoms with E-state index in [1.165, 1.54) is 38.1 Å². The molecule has 1 aromatic rings. The summed E-state index contributed by atoms with van der Waals surface area (Å²) in [5, 5.41) is 37.3. The molecule has 0 spiro atoms. The predicted octanol–water partition coefficient (Wildman–Crippen LogP) is -2.23. The van der Waals surface area contributed by atoms with Crippen molar-refractivity contribution in [3.63, 3.8) is 0 Å². The van der Waals surface area contributed by atoms with Crippen LogP contribution in [0, 0.1) is 5.92 Å². The lowest BCUT2D eigenvalue weighted by Gasteiger charge is -2.30. The lowest BCUT2D eigenvalue weighted by molar-refractivity contribution is -0.149. The summed E-state index contributed by atoms with van der Waals surface area (Å²) in [5.41, 5.74) is 0.496. The largest absolute Gasteiger partial charge is 0.508 e. The molecule has 15 heteroatoms. The molecule has 0 bridgehead atoms. The highest BCUT2D eigenvalue weighted by Crippen LogP contribution is 2.21. The first-order valence-corrected chi connectivity index (χ1v) is 12.8. The third-order valence-corrected chi connectivity index (χ3v) is 6.30. The summed E-state index contributed by atoms with van der Waals surface area (Å²) in [7, 11) is 0. The number of nitrogens with one attached hydrogen (secondary N) is 4. The van der Waals surface area contributed by atoms with Gasteiger partial charge in [-0.15, -0.1) is 0 Å². The molecule has 6 amide bonds. The van der Waals surface area contributed by atoms with E-state index >= 15 is 0 Å². The smallest absolute Gasteiger partial charge is 0.328 e. The summed E-state index contributed by atoms with van der Waals surface area (Å²) < 4.78 is 0. The summed E-state index contributed by atoms with van der Waals surface area (Å²) in [5.74, 6) is -6.63. The van der Waals surface area contributed by atoms with Crippen molar-refractivity contribution in [2.75, 3.05) is 6.61 Å². The minimum atomic E-state index is -1.64. The van der Waals surface area contributed by atoms with E-state index in [2.05, 4.69) is 21.3 Å². The van der Waals surface area contributed by atoms with Crippen molar-refractivity contribution in [3.05, 3.63) is 29.8 Å². The van der Waals surface area contributed by atoms with E-state index in [4.69, 9.17) is 5.11 Å². The quantitative estimate of drug-likeness (QED) is 0.125. The number of carbonyl (C=O) groups is 7. The molecule has 7 N–H and O–H groups in total. The fourth-order valence-electron chi connectivity index (χ4n) is 4.22. The number of carboxylic acid groups (broad SMARTS) is 1. The SMILES string of the molecule is CC(=O)N[C@H]1CC(=O)N([C@H](C(=O)N[C@@H](C)C(=O)N[C@@H](Cc2ccc(O)cc2)C(=O)N[C@@H](CO)C(=O)O)C(C)C)C1=O. The molecule has 41 heavy (non-hydrogen) atoms. The lowest BCUT2D eigenvalue weighted by atomic mass is 10.0. The van der Waals surface area contributed by atoms with Gasteiger partial charge in [-0.3, -0.25) is 33.7 Å². The molecule has 15 nitrogen and oxygen atoms in total. The molecule has 2 rings (SSSR count). The zero-order valence-corrected chi connectivity index (χ0v) is 23.0. The number of carbonyl (C=O) groups excluding carboxylic acids is 6. The highest BCUT2D eigenvalue weighted by molar-refractivity contribution is 6.10. The van der Waals surface area contributed by atoms with E-state index in [1.807, 2.05) is 0 Å². The number of imide groups is 1. The van der Waals surface area contributed by atoms with Gasteiger partial charge in [-0.1, -0.05) is 26.0 Å². The molecule has 0 aromatic heterocycles. The highest BCUT2D eigenvalue weighted by atomic mass is 16.4. The first-order valence-electron chi connectivity index (χ1n) is 12.8. The Hall–Kier alpha value is -4.53. The van der Waals surface area contributed by atoms with Crippen LogP contribution in [-0.4, -0.2) is 98.4 Å². The average Bonchev–Trinajstić information content (AvgIpc) is 3.14. The van der Waals surface area contributed by atoms with Gasteiger partial charge in [-0.25, -0.2) is 4.79 Å². The summed E-state index contributed by atoms with van der Waals surface area (Å²) >= 11 is 0. The predicted molar refractivity (Wildman–Crippen MR) is 141 cm³/mol. The Labute approximate surface area is 235 Å². The Morgan fingerprint density at radius 2 is 1.51 bits per heavy atom. The van der Waals surface area contributed by atoms with Gasteiger partial charge in [0, 0.05) is 13.3 Å². The average molecular weight is 578 g/mol. The van der Waals surface area contributed by atoms with Crippen LogP contribution in [-0.2, 0) is 40.0 Å². The minimum absolute atomic E-state index is 0.0422. The number of benzene rings is 1. The summed E-state index contributed by atoms with van der Waals surface area (Å²) in [6.45, 7) is 4.79. The molecule has 224 valence electrons. The molecule has 1 fully saturated rings. The maximum atomic E-state index is 13.2. The number of likely N-dealkylation sites (tertiary alicyclic amines) is 1. The van der Waals surface area contributed by atoms with Gasteiger partial charge >= 0.3 is 5.97 Å². The van der Waals surface area contributed by atoms with Crippen molar-refractivity contribution < 1.29 is 48.9 Å². The van der Waals surface area contributed by atoms with Crippen molar-refractivity contribution in [2.45, 2.75) is 70.7 Å². The molecule has 5 atom stereocenters. The van der Waals surface area contributed by atoms with E-state index in [-0.39, 0.29) is 18.6 Å². The highest BCUT2D eigenvalue weighted by Gasteiger charge is 2.46. The molecule has 1 saturated heterocycles. The fraction of sp³-hybridized carbons (Fsp3) is 0.500. The van der Waals surface area contributed by atoms with Crippen LogP contribution in [0.2, 0.25) is 0 Å². The van der Waals surface area contributed by atoms with Crippen LogP contribution in [0.5, 0.6) is 5.75 Å². The molecule has 1 heterocycles. The number of phenolic OH excluding ortho intramolecular Hbond substituents is 1. The van der Waals surface area contributed by atoms with Crippen LogP contribution in [0.25, 0.3) is 0 Å². The zero-order valence-electron chi connectivity index (χ0n) is 23.0. The number of aromatic hydroxyl groups is 1. The van der Waals surface area contributed by atoms with Gasteiger partial charge in [0.05, 0.1) is 13.0 Å². The molecule has 1 aliphatic rings. The molecular weight excluding hydrogens is 542 g/mol. The number of hydrogen-bond donors (Lipinski definition) is 7. The zero-order chi connectivity index (χ0) is 31.0. The van der Waals surface area contributed by atoms with Gasteiger partial charge in [-0.2, -0.15) is 0 Å². The van der Waals surface area contributed by atoms with E-state index in [0.717, 1.165) is 4.90 Å². The lowest BCUT2D eigenvalue weighted by Crippen LogP contribution is -2.59. The van der Waals surface area contributed by atoms with Crippen LogP contribution < -0.4 is 21.3 Å². The third kappa shape index (κ3) is 8.73. The first-order chi connectivity index (χ1) is 19.2. The standard InChI is InChI=1S/C26H35N5O10/c1-12(2)21(31-20(35)10-18(25(31)39)28-14(4)33)24(38)27-13(3)22(36)29-17(9-15-5-7-16(34)8-6-15)23(37)30-19(11-32)26(40)41/h5-8,12-13,17-19,21,32,34H,9-11H2,1-4H3,(H,27,38)(H,28,33)(H,29,36)(H,30,37)(H,40,41)/t13-,17-,18-,19-,21-/m0/s1. The van der Waals surface area contributed by atoms with Gasteiger partial charge in [0.15, 0.2) is 0 Å². The number of rotatable bonds is 13. The molecule has 0 radical (unpaired) electrons. The second kappa shape index (κ2) is 14.2. The van der Waals surface area contributed by atoms with Crippen LogP contribution in [0.1, 0.15) is 39.7 Å². The van der Waals surface area contributed by atoms with Gasteiger partial charge in [0.25, 0.3) is 5.91 Å². The molecule has 1 aliphatic heterocycles. The number of aliphatic hydroxyl groups excluding tert-OH is 1. The molecule has 0 saturated carbocycles. The Morgan fingerprint density at radius 1 is 0.927 bits per heavy atom. The number of nitrogens with zero attached hydrogens (tertiary/aromatic N) is 1. The van der Waals surface area contributed by atoms with E-state index in [9.17, 15) is 43.8 Å². The fourth-order valence-corrected chi connectivity index (χ4v) is 4.22. The Balaban J connectivity index is 2.19. The second-order valence-electron chi connectivity index (χ2n) is 9.99. The number of carboxylic acids is 1. The van der Waals surface area contributed by atoms with Crippen LogP contribution >= 0.6 is 0 Å². The van der Waals surface area contributed by atoms with Crippen molar-refractivity contribution in [3.8, 4) is 5.75 Å². The number of phenols is 1. The Bertz CT molecular complexity index is 1190. The Kier molecular flexibility index (Phi) is 11.3. The number of aliphatic hydroxyl groups is 1. The van der Waals surface area contributed by atoms with Gasteiger partial charge < -0.3 is 36.6 Å². The van der Waals surface area contributed by atoms with Gasteiger partial charge in [-0.05, 0) is 30.5 Å². The molecule has 0 aliphatic carbocycles. The van der Waals surface area contributed by atoms with E-state index in [0.29, 0.717) is 5.56 Å². The van der Waals surface area contributed by atoms with Crippen molar-refractivity contribution in [2.24, 2.45) is 5.92 Å². The molecule has 0 unspecified atom stereocenters. The Morgan fingerprint density at radius 3 is 2.02 bits per heavy atom. The monoisotopic (exact) mass is 577 g/mol. The van der Waals surface area contributed by atoms with Gasteiger partial charge in [0.2, 0.25) is 29.5 Å². The maximum Gasteiger partial charge on any atom is 0.328 e. The minimum Gasteiger partial charge on any atom is -0.508 e. The van der Waals surface area contributed by atoms with Crippen LogP contribution in [0.15, 0.2) is 24.3 Å². The summed E-state index contributed by atoms with van der Waals surface area (Å²) in [6, 6.07) is -0.977. The van der Waals surface area contributed by atoms with E-state index < -0.39 is 84.1 Å². The normalized spacial score (nSPS) is 17.8. The summed E-state index contributed by atoms with van der Waals surface area (Å²) in [4.78, 5) is 87.9. The number of hydrogen-bond acceptors (Lipinski definition) is 9. The van der Waals surface area contributed by atoms with Crippen molar-refractivity contribution in [1.29, 1.82) is 0 Å². The van der Waals surface area contributed by atoms with Gasteiger partial charge in [0.1, 0.15) is 36.0 Å². The van der Waals surface area contributed by atoms with E-state index in [1.54, 1.807) is 13.8 Å². The van der Waals surface area contributed by atoms with Crippen LogP contribution in [0.4, 0.5) is 0 Å². The molecule has 1 aromatic carbocycles. The third-order valence-electron chi connectivity index (χ3n) is 6.30. The summed E-state index contributed by atoms with van der Waals surface area (Å²) in [6.07, 6.45) is -0.448. The first kappa shape index (κ1) is 32.7. The molecular formula is C26H35N5O10. The number of amides is 6. The van der Waals surface area contributed by atoms with Crippen molar-refractivity contribution >= 4 is 41.4 Å². The number of aliphatic carboxylic acids is 1. The van der Waals surface area contributed by atoms with Crippen molar-refractivity contribution in [1.82, 2.24) is 26.2 Å². The maximum absolute atomic E-state index is 13.2.